The number of hydrogen-bond donors (Lipinski definition) is 0. The van der Waals surface area contributed by atoms with Crippen molar-refractivity contribution in [3.63, 3.8) is 0 Å². The number of methoxy groups -OCH3 is 4. The van der Waals surface area contributed by atoms with E-state index in [0.29, 0.717) is 11.1 Å². The molecular weight excluding hydrogens is 1240 g/mol. The Kier molecular flexibility index (Phi) is 32.8. The van der Waals surface area contributed by atoms with Crippen molar-refractivity contribution in [1.29, 1.82) is 0 Å². The zero-order chi connectivity index (χ0) is 69.5. The van der Waals surface area contributed by atoms with Crippen LogP contribution in [0.4, 0.5) is 0 Å². The first kappa shape index (κ1) is 80.1. The van der Waals surface area contributed by atoms with E-state index in [4.69, 9.17) is 37.9 Å². The maximum Gasteiger partial charge on any atom is 0.329 e. The van der Waals surface area contributed by atoms with E-state index in [0.717, 1.165) is 19.6 Å². The smallest absolute Gasteiger partial charge is 0.329 e. The minimum atomic E-state index is -4.10. The second-order valence-corrected chi connectivity index (χ2v) is 28.7. The van der Waals surface area contributed by atoms with Gasteiger partial charge in [0.1, 0.15) is 24.2 Å². The van der Waals surface area contributed by atoms with E-state index in [-0.39, 0.29) is 125 Å². The molecule has 520 valence electrons. The molecule has 1 saturated heterocycles. The topological polar surface area (TPSA) is 298 Å². The monoisotopic (exact) mass is 1340 g/mol. The van der Waals surface area contributed by atoms with Crippen LogP contribution in [0.2, 0.25) is 0 Å². The summed E-state index contributed by atoms with van der Waals surface area (Å²) in [5, 5.41) is 0. The Balaban J connectivity index is 2.31. The molecule has 8 atom stereocenters. The number of sulfonamides is 2. The number of carbonyl (C=O) groups excluding carboxylic acids is 8. The highest BCUT2D eigenvalue weighted by molar-refractivity contribution is 7.89. The van der Waals surface area contributed by atoms with Gasteiger partial charge in [-0.15, -0.1) is 0 Å². The second kappa shape index (κ2) is 37.7. The average molecular weight is 1340 g/mol. The number of nitrogens with zero attached hydrogens (tertiary/aromatic N) is 6. The third-order valence-corrected chi connectivity index (χ3v) is 19.4. The van der Waals surface area contributed by atoms with Gasteiger partial charge >= 0.3 is 23.9 Å². The van der Waals surface area contributed by atoms with Crippen LogP contribution in [0.15, 0.2) is 58.3 Å². The van der Waals surface area contributed by atoms with Crippen LogP contribution in [0.25, 0.3) is 0 Å². The molecule has 1 aliphatic rings. The molecule has 2 aromatic carbocycles. The summed E-state index contributed by atoms with van der Waals surface area (Å²) in [6, 6.07) is 5.48. The number of esters is 4. The summed E-state index contributed by atoms with van der Waals surface area (Å²) in [5.74, 6) is -8.83. The molecule has 92 heavy (non-hydrogen) atoms. The Hall–Kier alpha value is -6.14. The van der Waals surface area contributed by atoms with Crippen molar-refractivity contribution >= 4 is 67.6 Å². The van der Waals surface area contributed by atoms with E-state index in [1.54, 1.807) is 55.4 Å². The lowest BCUT2D eigenvalue weighted by Gasteiger charge is -2.35. The highest BCUT2D eigenvalue weighted by Gasteiger charge is 2.43. The van der Waals surface area contributed by atoms with Crippen LogP contribution in [-0.2, 0) is 109 Å². The van der Waals surface area contributed by atoms with Gasteiger partial charge in [-0.3, -0.25) is 19.2 Å². The van der Waals surface area contributed by atoms with Gasteiger partial charge in [0.2, 0.25) is 20.0 Å². The van der Waals surface area contributed by atoms with Crippen molar-refractivity contribution in [3.05, 3.63) is 59.7 Å². The number of carbonyl (C=O) groups is 8. The first-order valence-corrected chi connectivity index (χ1v) is 34.0. The van der Waals surface area contributed by atoms with Crippen LogP contribution in [0.3, 0.4) is 0 Å². The van der Waals surface area contributed by atoms with Crippen molar-refractivity contribution in [1.82, 2.24) is 28.2 Å². The van der Waals surface area contributed by atoms with Crippen molar-refractivity contribution in [2.24, 2.45) is 23.7 Å². The van der Waals surface area contributed by atoms with E-state index in [9.17, 15) is 45.6 Å². The quantitative estimate of drug-likeness (QED) is 0.0850. The molecule has 0 aliphatic carbocycles. The minimum Gasteiger partial charge on any atom is -0.451 e. The number of ether oxygens (including phenoxy) is 8. The summed E-state index contributed by atoms with van der Waals surface area (Å²) in [7, 11) is 2.78. The fourth-order valence-electron chi connectivity index (χ4n) is 10.3. The summed E-state index contributed by atoms with van der Waals surface area (Å²) >= 11 is 0. The number of amides is 4. The van der Waals surface area contributed by atoms with Crippen molar-refractivity contribution < 1.29 is 93.1 Å². The van der Waals surface area contributed by atoms with Crippen LogP contribution in [0, 0.1) is 23.7 Å². The number of rotatable bonds is 28. The normalized spacial score (nSPS) is 22.3. The molecule has 0 saturated carbocycles. The van der Waals surface area contributed by atoms with E-state index in [2.05, 4.69) is 0 Å². The SMILES string of the molecule is COCCN(CCOC)S(=O)(=O)c1ccc(C[C@H]2OC(=O)[C@H](CC(C)C)N(C)C(=O)[C@@H](C)OC(=O)[C@H](CC(C)C)N(C)C(=O)[C@@H](Cc3ccc(S(=O)(=O)N(CCOC)CCOC)cc3)OC(=O)[C@H](CC(C)C)N(C)C(=O)[C@@H](C)OC(=O)[C@H](CC(C)C)N(C)C2=O)cc1. The third-order valence-electron chi connectivity index (χ3n) is 15.6. The lowest BCUT2D eigenvalue weighted by molar-refractivity contribution is -0.176. The van der Waals surface area contributed by atoms with Crippen LogP contribution in [0.5, 0.6) is 0 Å². The van der Waals surface area contributed by atoms with Crippen LogP contribution < -0.4 is 0 Å². The summed E-state index contributed by atoms with van der Waals surface area (Å²) in [6.45, 7) is 17.4. The molecule has 28 heteroatoms. The third kappa shape index (κ3) is 23.1. The average Bonchev–Trinajstić information content (AvgIpc) is 0.984. The number of benzene rings is 2. The number of cyclic esters (lactones) is 4. The fourth-order valence-corrected chi connectivity index (χ4v) is 13.1. The highest BCUT2D eigenvalue weighted by atomic mass is 32.2. The summed E-state index contributed by atoms with van der Waals surface area (Å²) in [4.78, 5) is 122. The Labute approximate surface area is 545 Å². The van der Waals surface area contributed by atoms with Gasteiger partial charge in [0.05, 0.1) is 36.2 Å². The minimum absolute atomic E-state index is 0.0255. The molecule has 0 N–H and O–H groups in total. The van der Waals surface area contributed by atoms with Gasteiger partial charge in [-0.25, -0.2) is 36.0 Å². The Bertz CT molecular complexity index is 2740. The summed E-state index contributed by atoms with van der Waals surface area (Å²) < 4.78 is 103. The molecule has 26 nitrogen and oxygen atoms in total. The van der Waals surface area contributed by atoms with Crippen LogP contribution in [-0.4, -0.2) is 250 Å². The fraction of sp³-hybridized carbons (Fsp3) is 0.688. The molecular formula is C64H102N6O20S2. The lowest BCUT2D eigenvalue weighted by Crippen LogP contribution is -2.55. The lowest BCUT2D eigenvalue weighted by atomic mass is 10.00. The van der Waals surface area contributed by atoms with Crippen LogP contribution in [0.1, 0.15) is 106 Å². The molecule has 0 aromatic heterocycles. The highest BCUT2D eigenvalue weighted by Crippen LogP contribution is 2.26. The van der Waals surface area contributed by atoms with E-state index < -0.39 is 116 Å². The Morgan fingerprint density at radius 1 is 0.391 bits per heavy atom. The molecule has 1 fully saturated rings. The van der Waals surface area contributed by atoms with Gasteiger partial charge in [0, 0.05) is 95.7 Å². The maximum atomic E-state index is 15.1. The molecule has 0 spiro atoms. The van der Waals surface area contributed by atoms with Gasteiger partial charge in [0.25, 0.3) is 23.6 Å². The van der Waals surface area contributed by atoms with E-state index in [1.165, 1.54) is 128 Å². The van der Waals surface area contributed by atoms with Gasteiger partial charge in [-0.1, -0.05) is 79.7 Å². The van der Waals surface area contributed by atoms with Crippen LogP contribution >= 0.6 is 0 Å². The summed E-state index contributed by atoms with van der Waals surface area (Å²) in [5.41, 5.74) is 0.657. The van der Waals surface area contributed by atoms with Gasteiger partial charge in [-0.05, 0) is 98.6 Å². The molecule has 2 aromatic rings. The second-order valence-electron chi connectivity index (χ2n) is 24.9. The molecule has 1 aliphatic heterocycles. The van der Waals surface area contributed by atoms with E-state index in [1.807, 2.05) is 0 Å². The first-order chi connectivity index (χ1) is 43.1. The van der Waals surface area contributed by atoms with Crippen molar-refractivity contribution in [3.8, 4) is 0 Å². The Morgan fingerprint density at radius 3 is 0.848 bits per heavy atom. The largest absolute Gasteiger partial charge is 0.451 e. The molecule has 1 heterocycles. The Morgan fingerprint density at radius 2 is 0.620 bits per heavy atom. The van der Waals surface area contributed by atoms with Gasteiger partial charge in [0.15, 0.2) is 24.4 Å². The molecule has 3 rings (SSSR count). The zero-order valence-electron chi connectivity index (χ0n) is 57.1. The maximum absolute atomic E-state index is 15.1. The standard InChI is InChI=1S/C64H102N6O20S2/c1-41(2)35-51-61(75)87-45(9)57(71)65(11)54(38-44(7)8)64(78)90-56(40-48-21-25-50(26-22-48)92(81,82)70(29-33-85-17)30-34-86-18)60(74)68(14)52(36-42(3)4)62(76)88-46(10)58(72)66(12)53(37-43(5)6)63(77)89-55(59(73)67(51)13)39-47-19-23-49(24-20-47)91(79,80)69(27-31-83-15)28-32-84-16/h19-26,41-46,51-56H,27-40H2,1-18H3/t45-,46-,51+,52+,53+,54+,55-,56-/m1/s1. The van der Waals surface area contributed by atoms with E-state index >= 15 is 9.59 Å². The zero-order valence-corrected chi connectivity index (χ0v) is 58.7. The predicted molar refractivity (Wildman–Crippen MR) is 340 cm³/mol. The summed E-state index contributed by atoms with van der Waals surface area (Å²) in [6.07, 6.45) is -7.51. The number of hydrogen-bond acceptors (Lipinski definition) is 20. The number of likely N-dealkylation sites (N-methyl/N-ethyl adjacent to an activating group) is 4. The van der Waals surface area contributed by atoms with Crippen molar-refractivity contribution in [2.75, 3.05) is 109 Å². The van der Waals surface area contributed by atoms with Gasteiger partial charge < -0.3 is 57.5 Å². The molecule has 0 radical (unpaired) electrons. The van der Waals surface area contributed by atoms with Gasteiger partial charge in [-0.2, -0.15) is 8.61 Å². The molecule has 0 unspecified atom stereocenters. The first-order valence-electron chi connectivity index (χ1n) is 31.1. The van der Waals surface area contributed by atoms with Crippen molar-refractivity contribution in [2.45, 2.75) is 166 Å². The molecule has 0 bridgehead atoms. The predicted octanol–water partition coefficient (Wildman–Crippen LogP) is 4.23. The molecule has 4 amide bonds.